The minimum atomic E-state index is -0.380. The van der Waals surface area contributed by atoms with E-state index in [0.29, 0.717) is 15.9 Å². The molecule has 1 N–H and O–H groups in total. The molecule has 8 heteroatoms. The first kappa shape index (κ1) is 16.2. The molecule has 130 valence electrons. The van der Waals surface area contributed by atoms with E-state index in [1.807, 2.05) is 32.0 Å². The van der Waals surface area contributed by atoms with Gasteiger partial charge in [0.25, 0.3) is 11.5 Å². The summed E-state index contributed by atoms with van der Waals surface area (Å²) >= 11 is 1.30. The average molecular weight is 365 g/mol. The smallest absolute Gasteiger partial charge is 0.267 e. The summed E-state index contributed by atoms with van der Waals surface area (Å²) in [5, 5.41) is 6.43. The Bertz CT molecular complexity index is 1170. The molecule has 3 aromatic heterocycles. The molecule has 0 saturated carbocycles. The van der Waals surface area contributed by atoms with E-state index < -0.39 is 0 Å². The first-order chi connectivity index (χ1) is 12.5. The van der Waals surface area contributed by atoms with E-state index >= 15 is 0 Å². The highest BCUT2D eigenvalue weighted by atomic mass is 32.1. The maximum Gasteiger partial charge on any atom is 0.283 e. The number of amides is 1. The van der Waals surface area contributed by atoms with Gasteiger partial charge in [0.15, 0.2) is 5.65 Å². The summed E-state index contributed by atoms with van der Waals surface area (Å²) in [4.78, 5) is 29.6. The molecule has 0 atom stereocenters. The van der Waals surface area contributed by atoms with Gasteiger partial charge in [-0.2, -0.15) is 5.10 Å². The number of nitrogens with zero attached hydrogens (tertiary/aromatic N) is 4. The van der Waals surface area contributed by atoms with Gasteiger partial charge in [0, 0.05) is 0 Å². The fourth-order valence-electron chi connectivity index (χ4n) is 2.61. The van der Waals surface area contributed by atoms with Gasteiger partial charge in [-0.05, 0) is 48.6 Å². The second-order valence-corrected chi connectivity index (χ2v) is 6.85. The van der Waals surface area contributed by atoms with Crippen LogP contribution in [-0.4, -0.2) is 25.3 Å². The Balaban J connectivity index is 1.74. The molecule has 7 nitrogen and oxygen atoms in total. The number of nitrogens with one attached hydrogen (secondary N) is 1. The van der Waals surface area contributed by atoms with Crippen LogP contribution in [-0.2, 0) is 0 Å². The van der Waals surface area contributed by atoms with Gasteiger partial charge < -0.3 is 0 Å². The minimum absolute atomic E-state index is 0.331. The number of benzene rings is 1. The quantitative estimate of drug-likeness (QED) is 0.605. The lowest BCUT2D eigenvalue weighted by molar-refractivity contribution is 0.101. The average Bonchev–Trinajstić information content (AvgIpc) is 3.29. The Kier molecular flexibility index (Phi) is 3.89. The SMILES string of the molecule is Cc1ccc(-n2ncc3c(=O)n(NC(=O)c4cccs4)cnc32)cc1C. The molecule has 26 heavy (non-hydrogen) atoms. The Labute approximate surface area is 152 Å². The maximum absolute atomic E-state index is 12.7. The summed E-state index contributed by atoms with van der Waals surface area (Å²) < 4.78 is 2.70. The lowest BCUT2D eigenvalue weighted by Crippen LogP contribution is -2.32. The van der Waals surface area contributed by atoms with Gasteiger partial charge in [0.05, 0.1) is 16.8 Å². The number of thiophene rings is 1. The number of carbonyl (C=O) groups is 1. The van der Waals surface area contributed by atoms with Crippen molar-refractivity contribution in [2.45, 2.75) is 13.8 Å². The molecule has 0 unspecified atom stereocenters. The number of rotatable bonds is 3. The monoisotopic (exact) mass is 365 g/mol. The van der Waals surface area contributed by atoms with Gasteiger partial charge in [0.2, 0.25) is 0 Å². The zero-order valence-electron chi connectivity index (χ0n) is 14.1. The number of hydrogen-bond acceptors (Lipinski definition) is 5. The molecular weight excluding hydrogens is 350 g/mol. The Morgan fingerprint density at radius 1 is 1.19 bits per heavy atom. The summed E-state index contributed by atoms with van der Waals surface area (Å²) in [5.74, 6) is -0.357. The van der Waals surface area contributed by atoms with Gasteiger partial charge in [-0.25, -0.2) is 14.3 Å². The van der Waals surface area contributed by atoms with Crippen LogP contribution >= 0.6 is 11.3 Å². The minimum Gasteiger partial charge on any atom is -0.267 e. The number of carbonyl (C=O) groups excluding carboxylic acids is 1. The van der Waals surface area contributed by atoms with E-state index in [1.54, 1.807) is 22.2 Å². The number of aryl methyl sites for hydroxylation is 2. The maximum atomic E-state index is 12.7. The lowest BCUT2D eigenvalue weighted by atomic mass is 10.1. The molecule has 0 fully saturated rings. The van der Waals surface area contributed by atoms with Crippen molar-refractivity contribution >= 4 is 28.3 Å². The van der Waals surface area contributed by atoms with Crippen molar-refractivity contribution in [1.82, 2.24) is 19.4 Å². The molecular formula is C18H15N5O2S. The molecule has 4 aromatic rings. The third-order valence-electron chi connectivity index (χ3n) is 4.19. The van der Waals surface area contributed by atoms with Gasteiger partial charge in [-0.3, -0.25) is 15.0 Å². The Morgan fingerprint density at radius 2 is 2.04 bits per heavy atom. The van der Waals surface area contributed by atoms with Crippen LogP contribution in [0.5, 0.6) is 0 Å². The van der Waals surface area contributed by atoms with Crippen molar-refractivity contribution in [2.24, 2.45) is 0 Å². The molecule has 0 aliphatic heterocycles. The Morgan fingerprint density at radius 3 is 2.77 bits per heavy atom. The second kappa shape index (κ2) is 6.23. The summed E-state index contributed by atoms with van der Waals surface area (Å²) in [6.45, 7) is 4.05. The predicted molar refractivity (Wildman–Crippen MR) is 101 cm³/mol. The number of aromatic nitrogens is 4. The zero-order chi connectivity index (χ0) is 18.3. The van der Waals surface area contributed by atoms with Crippen LogP contribution in [0.1, 0.15) is 20.8 Å². The van der Waals surface area contributed by atoms with Gasteiger partial charge >= 0.3 is 0 Å². The molecule has 3 heterocycles. The molecule has 0 bridgehead atoms. The third-order valence-corrected chi connectivity index (χ3v) is 5.06. The lowest BCUT2D eigenvalue weighted by Gasteiger charge is -2.08. The fraction of sp³-hybridized carbons (Fsp3) is 0.111. The highest BCUT2D eigenvalue weighted by molar-refractivity contribution is 7.12. The topological polar surface area (TPSA) is 81.8 Å². The molecule has 0 radical (unpaired) electrons. The van der Waals surface area contributed by atoms with E-state index in [0.717, 1.165) is 15.9 Å². The van der Waals surface area contributed by atoms with Gasteiger partial charge in [0.1, 0.15) is 11.7 Å². The standard InChI is InChI=1S/C18H15N5O2S/c1-11-5-6-13(8-12(11)2)23-16-14(9-20-23)18(25)22(10-19-16)21-17(24)15-4-3-7-26-15/h3-10H,1-2H3,(H,21,24). The first-order valence-corrected chi connectivity index (χ1v) is 8.80. The molecule has 1 aromatic carbocycles. The van der Waals surface area contributed by atoms with E-state index in [1.165, 1.54) is 29.4 Å². The summed E-state index contributed by atoms with van der Waals surface area (Å²) in [6, 6.07) is 9.39. The van der Waals surface area contributed by atoms with Crippen molar-refractivity contribution in [3.05, 3.63) is 74.6 Å². The number of fused-ring (bicyclic) bond motifs is 1. The number of hydrogen-bond donors (Lipinski definition) is 1. The van der Waals surface area contributed by atoms with Gasteiger partial charge in [-0.15, -0.1) is 11.3 Å². The largest absolute Gasteiger partial charge is 0.283 e. The van der Waals surface area contributed by atoms with Crippen molar-refractivity contribution in [1.29, 1.82) is 0 Å². The summed E-state index contributed by atoms with van der Waals surface area (Å²) in [7, 11) is 0. The van der Waals surface area contributed by atoms with Crippen LogP contribution in [0.2, 0.25) is 0 Å². The molecule has 4 rings (SSSR count). The molecule has 1 amide bonds. The van der Waals surface area contributed by atoms with E-state index in [9.17, 15) is 9.59 Å². The van der Waals surface area contributed by atoms with Crippen LogP contribution < -0.4 is 11.0 Å². The van der Waals surface area contributed by atoms with Crippen LogP contribution in [0.3, 0.4) is 0 Å². The van der Waals surface area contributed by atoms with Crippen LogP contribution in [0.4, 0.5) is 0 Å². The molecule has 0 saturated heterocycles. The van der Waals surface area contributed by atoms with Crippen LogP contribution in [0.15, 0.2) is 53.0 Å². The molecule has 0 spiro atoms. The van der Waals surface area contributed by atoms with E-state index in [4.69, 9.17) is 0 Å². The normalized spacial score (nSPS) is 11.0. The van der Waals surface area contributed by atoms with Crippen molar-refractivity contribution in [2.75, 3.05) is 5.43 Å². The van der Waals surface area contributed by atoms with Crippen molar-refractivity contribution in [3.63, 3.8) is 0 Å². The predicted octanol–water partition coefficient (Wildman–Crippen LogP) is 2.64. The molecule has 0 aliphatic rings. The summed E-state index contributed by atoms with van der Waals surface area (Å²) in [6.07, 6.45) is 2.77. The van der Waals surface area contributed by atoms with Gasteiger partial charge in [-0.1, -0.05) is 12.1 Å². The van der Waals surface area contributed by atoms with Crippen LogP contribution in [0, 0.1) is 13.8 Å². The fourth-order valence-corrected chi connectivity index (χ4v) is 3.22. The Hall–Kier alpha value is -3.26. The van der Waals surface area contributed by atoms with Crippen LogP contribution in [0.25, 0.3) is 16.7 Å². The highest BCUT2D eigenvalue weighted by Gasteiger charge is 2.14. The van der Waals surface area contributed by atoms with E-state index in [-0.39, 0.29) is 11.5 Å². The second-order valence-electron chi connectivity index (χ2n) is 5.90. The first-order valence-electron chi connectivity index (χ1n) is 7.92. The zero-order valence-corrected chi connectivity index (χ0v) is 14.9. The summed E-state index contributed by atoms with van der Waals surface area (Å²) in [5.41, 5.74) is 5.75. The third kappa shape index (κ3) is 2.70. The van der Waals surface area contributed by atoms with Crippen molar-refractivity contribution < 1.29 is 4.79 Å². The van der Waals surface area contributed by atoms with E-state index in [2.05, 4.69) is 15.5 Å². The van der Waals surface area contributed by atoms with Crippen molar-refractivity contribution in [3.8, 4) is 5.69 Å². The molecule has 0 aliphatic carbocycles. The highest BCUT2D eigenvalue weighted by Crippen LogP contribution is 2.17.